The summed E-state index contributed by atoms with van der Waals surface area (Å²) in [4.78, 5) is 21.3. The van der Waals surface area contributed by atoms with Crippen molar-refractivity contribution >= 4 is 45.1 Å². The van der Waals surface area contributed by atoms with Gasteiger partial charge in [-0.15, -0.1) is 11.3 Å². The molecule has 0 bridgehead atoms. The van der Waals surface area contributed by atoms with E-state index in [1.807, 2.05) is 0 Å². The van der Waals surface area contributed by atoms with Gasteiger partial charge in [0.25, 0.3) is 0 Å². The van der Waals surface area contributed by atoms with Gasteiger partial charge in [-0.2, -0.15) is 0 Å². The number of fused-ring (bicyclic) bond motifs is 3. The van der Waals surface area contributed by atoms with Crippen molar-refractivity contribution in [2.45, 2.75) is 44.1 Å². The largest absolute Gasteiger partial charge is 0.481 e. The summed E-state index contributed by atoms with van der Waals surface area (Å²) in [5, 5.41) is 10.1. The van der Waals surface area contributed by atoms with E-state index in [0.717, 1.165) is 39.7 Å². The lowest BCUT2D eigenvalue weighted by Crippen LogP contribution is -2.33. The third kappa shape index (κ3) is 2.78. The molecule has 0 saturated carbocycles. The Labute approximate surface area is 136 Å². The minimum Gasteiger partial charge on any atom is -0.481 e. The molecule has 2 aromatic rings. The predicted molar refractivity (Wildman–Crippen MR) is 87.4 cm³/mol. The number of carbonyl (C=O) groups is 1. The summed E-state index contributed by atoms with van der Waals surface area (Å²) in [6.45, 7) is 4.78. The summed E-state index contributed by atoms with van der Waals surface area (Å²) >= 11 is 2.64. The lowest BCUT2D eigenvalue weighted by atomic mass is 9.90. The summed E-state index contributed by atoms with van der Waals surface area (Å²) in [7, 11) is 0. The van der Waals surface area contributed by atoms with Gasteiger partial charge in [-0.25, -0.2) is 9.97 Å². The van der Waals surface area contributed by atoms with Crippen molar-refractivity contribution in [3.05, 3.63) is 10.4 Å². The molecule has 1 aliphatic rings. The van der Waals surface area contributed by atoms with Crippen LogP contribution in [0.3, 0.4) is 0 Å². The van der Waals surface area contributed by atoms with E-state index in [-0.39, 0.29) is 11.4 Å². The Morgan fingerprint density at radius 1 is 1.55 bits per heavy atom. The van der Waals surface area contributed by atoms with Gasteiger partial charge in [0.15, 0.2) is 5.16 Å². The third-order valence-electron chi connectivity index (χ3n) is 3.92. The Balaban J connectivity index is 2.02. The average Bonchev–Trinajstić information content (AvgIpc) is 2.83. The van der Waals surface area contributed by atoms with E-state index in [1.165, 1.54) is 5.56 Å². The maximum absolute atomic E-state index is 10.7. The quantitative estimate of drug-likeness (QED) is 0.652. The summed E-state index contributed by atoms with van der Waals surface area (Å²) in [6.07, 6.45) is 1.73. The average molecular weight is 339 g/mol. The number of ether oxygens (including phenoxy) is 1. The van der Waals surface area contributed by atoms with Crippen LogP contribution in [0.2, 0.25) is 0 Å². The molecule has 0 amide bonds. The number of rotatable bonds is 4. The van der Waals surface area contributed by atoms with Crippen molar-refractivity contribution in [2.75, 3.05) is 11.5 Å². The number of carboxylic acids is 1. The highest BCUT2D eigenvalue weighted by Crippen LogP contribution is 2.41. The zero-order valence-corrected chi connectivity index (χ0v) is 14.0. The molecule has 0 radical (unpaired) electrons. The molecule has 22 heavy (non-hydrogen) atoms. The van der Waals surface area contributed by atoms with Gasteiger partial charge in [0.2, 0.25) is 0 Å². The molecule has 0 aromatic carbocycles. The number of nitrogens with two attached hydrogens (primary N) is 1. The van der Waals surface area contributed by atoms with Crippen LogP contribution in [0.5, 0.6) is 0 Å². The van der Waals surface area contributed by atoms with E-state index >= 15 is 0 Å². The first kappa shape index (κ1) is 15.5. The van der Waals surface area contributed by atoms with E-state index in [1.54, 1.807) is 11.3 Å². The zero-order chi connectivity index (χ0) is 15.9. The highest BCUT2D eigenvalue weighted by atomic mass is 32.2. The fraction of sp³-hybridized carbons (Fsp3) is 0.500. The third-order valence-corrected chi connectivity index (χ3v) is 5.85. The number of anilines is 1. The van der Waals surface area contributed by atoms with Crippen LogP contribution in [-0.2, 0) is 22.6 Å². The van der Waals surface area contributed by atoms with Crippen LogP contribution in [-0.4, -0.2) is 32.4 Å². The fourth-order valence-corrected chi connectivity index (χ4v) is 4.24. The van der Waals surface area contributed by atoms with Crippen LogP contribution in [0.15, 0.2) is 5.16 Å². The fourth-order valence-electron chi connectivity index (χ4n) is 2.50. The first-order valence-electron chi connectivity index (χ1n) is 6.98. The van der Waals surface area contributed by atoms with Gasteiger partial charge in [0.05, 0.1) is 23.3 Å². The Hall–Kier alpha value is -1.38. The van der Waals surface area contributed by atoms with Gasteiger partial charge >= 0.3 is 5.97 Å². The maximum Gasteiger partial charge on any atom is 0.313 e. The molecule has 0 fully saturated rings. The molecular formula is C14H17N3O3S2. The van der Waals surface area contributed by atoms with Crippen molar-refractivity contribution in [1.29, 1.82) is 0 Å². The first-order valence-corrected chi connectivity index (χ1v) is 8.78. The van der Waals surface area contributed by atoms with Crippen molar-refractivity contribution < 1.29 is 14.6 Å². The molecule has 0 unspecified atom stereocenters. The molecule has 6 nitrogen and oxygen atoms in total. The van der Waals surface area contributed by atoms with E-state index in [9.17, 15) is 4.79 Å². The minimum absolute atomic E-state index is 0.0763. The number of hydrogen-bond acceptors (Lipinski definition) is 7. The molecule has 0 aliphatic carbocycles. The highest BCUT2D eigenvalue weighted by molar-refractivity contribution is 7.99. The lowest BCUT2D eigenvalue weighted by molar-refractivity contribution is -0.133. The van der Waals surface area contributed by atoms with Crippen LogP contribution >= 0.6 is 23.1 Å². The van der Waals surface area contributed by atoms with Crippen molar-refractivity contribution in [2.24, 2.45) is 0 Å². The molecule has 118 valence electrons. The van der Waals surface area contributed by atoms with Gasteiger partial charge in [0, 0.05) is 11.3 Å². The molecule has 0 spiro atoms. The number of aromatic nitrogens is 2. The zero-order valence-electron chi connectivity index (χ0n) is 12.4. The van der Waals surface area contributed by atoms with Crippen molar-refractivity contribution in [1.82, 2.24) is 9.97 Å². The summed E-state index contributed by atoms with van der Waals surface area (Å²) in [6, 6.07) is 0. The number of thioether (sulfide) groups is 1. The number of thiophene rings is 1. The van der Waals surface area contributed by atoms with Crippen LogP contribution < -0.4 is 5.73 Å². The first-order chi connectivity index (χ1) is 10.4. The summed E-state index contributed by atoms with van der Waals surface area (Å²) < 4.78 is 5.96. The normalized spacial score (nSPS) is 21.0. The SMILES string of the molecule is CC[C@]1(C)Cc2c(sc3nc(SCC(=O)O)nc(N)c23)CO1. The van der Waals surface area contributed by atoms with E-state index < -0.39 is 5.97 Å². The van der Waals surface area contributed by atoms with Crippen LogP contribution in [0, 0.1) is 0 Å². The standard InChI is InChI=1S/C14H17N3O3S2/c1-3-14(2)4-7-8(5-20-14)22-12-10(7)11(15)16-13(17-12)21-6-9(18)19/h3-6H2,1-2H3,(H,18,19)(H2,15,16,17)/t14-/m1/s1. The molecule has 3 rings (SSSR count). The maximum atomic E-state index is 10.7. The topological polar surface area (TPSA) is 98.3 Å². The summed E-state index contributed by atoms with van der Waals surface area (Å²) in [5.41, 5.74) is 7.12. The van der Waals surface area contributed by atoms with E-state index in [2.05, 4.69) is 23.8 Å². The Morgan fingerprint density at radius 2 is 2.32 bits per heavy atom. The number of hydrogen-bond donors (Lipinski definition) is 2. The Bertz CT molecular complexity index is 746. The van der Waals surface area contributed by atoms with Crippen LogP contribution in [0.4, 0.5) is 5.82 Å². The predicted octanol–water partition coefficient (Wildman–Crippen LogP) is 2.69. The molecule has 2 aromatic heterocycles. The number of nitrogen functional groups attached to an aromatic ring is 1. The van der Waals surface area contributed by atoms with Gasteiger partial charge < -0.3 is 15.6 Å². The van der Waals surface area contributed by atoms with Gasteiger partial charge in [-0.1, -0.05) is 18.7 Å². The molecule has 3 heterocycles. The molecule has 1 aliphatic heterocycles. The number of nitrogens with zero attached hydrogens (tertiary/aromatic N) is 2. The molecule has 8 heteroatoms. The Kier molecular flexibility index (Phi) is 4.00. The number of aliphatic carboxylic acids is 1. The summed E-state index contributed by atoms with van der Waals surface area (Å²) in [5.74, 6) is -0.548. The van der Waals surface area contributed by atoms with Gasteiger partial charge in [-0.3, -0.25) is 4.79 Å². The molecule has 1 atom stereocenters. The second-order valence-corrected chi connectivity index (χ2v) is 7.55. The van der Waals surface area contributed by atoms with Crippen molar-refractivity contribution in [3.63, 3.8) is 0 Å². The second-order valence-electron chi connectivity index (χ2n) is 5.53. The second kappa shape index (κ2) is 5.68. The van der Waals surface area contributed by atoms with Crippen LogP contribution in [0.25, 0.3) is 10.2 Å². The molecular weight excluding hydrogens is 322 g/mol. The van der Waals surface area contributed by atoms with Gasteiger partial charge in [0.1, 0.15) is 10.6 Å². The smallest absolute Gasteiger partial charge is 0.313 e. The Morgan fingerprint density at radius 3 is 3.00 bits per heavy atom. The highest BCUT2D eigenvalue weighted by Gasteiger charge is 2.32. The van der Waals surface area contributed by atoms with E-state index in [0.29, 0.717) is 17.6 Å². The van der Waals surface area contributed by atoms with Crippen molar-refractivity contribution in [3.8, 4) is 0 Å². The van der Waals surface area contributed by atoms with Crippen LogP contribution in [0.1, 0.15) is 30.7 Å². The monoisotopic (exact) mass is 339 g/mol. The van der Waals surface area contributed by atoms with Gasteiger partial charge in [-0.05, 0) is 18.9 Å². The molecule has 0 saturated heterocycles. The number of carboxylic acid groups (broad SMARTS) is 1. The lowest BCUT2D eigenvalue weighted by Gasteiger charge is -2.33. The van der Waals surface area contributed by atoms with E-state index in [4.69, 9.17) is 15.6 Å². The molecule has 3 N–H and O–H groups in total. The minimum atomic E-state index is -0.898.